The van der Waals surface area contributed by atoms with E-state index >= 15 is 0 Å². The quantitative estimate of drug-likeness (QED) is 0.763. The third kappa shape index (κ3) is 5.12. The van der Waals surface area contributed by atoms with E-state index in [0.29, 0.717) is 19.8 Å². The fourth-order valence-electron chi connectivity index (χ4n) is 2.26. The maximum atomic E-state index is 5.79. The minimum absolute atomic E-state index is 0.192. The molecule has 0 saturated carbocycles. The van der Waals surface area contributed by atoms with Gasteiger partial charge in [-0.15, -0.1) is 0 Å². The first-order valence-electron chi connectivity index (χ1n) is 7.37. The lowest BCUT2D eigenvalue weighted by atomic mass is 10.2. The zero-order chi connectivity index (χ0) is 14.2. The van der Waals surface area contributed by atoms with Gasteiger partial charge in [0.05, 0.1) is 25.9 Å². The van der Waals surface area contributed by atoms with E-state index in [-0.39, 0.29) is 6.10 Å². The fraction of sp³-hybridized carbons (Fsp3) is 0.625. The van der Waals surface area contributed by atoms with Crippen molar-refractivity contribution < 1.29 is 14.2 Å². The van der Waals surface area contributed by atoms with Gasteiger partial charge in [-0.1, -0.05) is 19.1 Å². The Kier molecular flexibility index (Phi) is 6.30. The average molecular weight is 279 g/mol. The van der Waals surface area contributed by atoms with Crippen LogP contribution in [-0.4, -0.2) is 57.6 Å². The van der Waals surface area contributed by atoms with Crippen molar-refractivity contribution >= 4 is 0 Å². The minimum Gasteiger partial charge on any atom is -0.492 e. The van der Waals surface area contributed by atoms with Crippen LogP contribution in [0.15, 0.2) is 24.3 Å². The van der Waals surface area contributed by atoms with Crippen molar-refractivity contribution in [1.29, 1.82) is 0 Å². The van der Waals surface area contributed by atoms with Crippen LogP contribution < -0.4 is 4.74 Å². The largest absolute Gasteiger partial charge is 0.492 e. The molecule has 0 aromatic heterocycles. The van der Waals surface area contributed by atoms with Crippen molar-refractivity contribution in [3.8, 4) is 5.75 Å². The number of hydrogen-bond donors (Lipinski definition) is 0. The third-order valence-corrected chi connectivity index (χ3v) is 3.45. The Labute approximate surface area is 121 Å². The van der Waals surface area contributed by atoms with Crippen LogP contribution in [0, 0.1) is 0 Å². The number of nitrogens with zero attached hydrogens (tertiary/aromatic N) is 1. The predicted octanol–water partition coefficient (Wildman–Crippen LogP) is 1.97. The molecule has 0 aliphatic carbocycles. The van der Waals surface area contributed by atoms with E-state index in [2.05, 4.69) is 31.0 Å². The van der Waals surface area contributed by atoms with Gasteiger partial charge in [-0.05, 0) is 31.2 Å². The lowest BCUT2D eigenvalue weighted by Crippen LogP contribution is -2.39. The van der Waals surface area contributed by atoms with Crippen LogP contribution in [0.4, 0.5) is 0 Å². The van der Waals surface area contributed by atoms with Crippen molar-refractivity contribution in [3.05, 3.63) is 29.8 Å². The maximum absolute atomic E-state index is 5.79. The molecule has 0 N–H and O–H groups in total. The van der Waals surface area contributed by atoms with E-state index in [1.807, 2.05) is 12.1 Å². The van der Waals surface area contributed by atoms with Gasteiger partial charge in [-0.2, -0.15) is 0 Å². The van der Waals surface area contributed by atoms with Crippen molar-refractivity contribution in [3.63, 3.8) is 0 Å². The van der Waals surface area contributed by atoms with Crippen molar-refractivity contribution in [2.24, 2.45) is 0 Å². The Balaban J connectivity index is 1.66. The highest BCUT2D eigenvalue weighted by Crippen LogP contribution is 2.13. The summed E-state index contributed by atoms with van der Waals surface area (Å²) in [4.78, 5) is 2.23. The number of rotatable bonds is 7. The monoisotopic (exact) mass is 279 g/mol. The molecule has 1 aliphatic rings. The second kappa shape index (κ2) is 8.25. The first kappa shape index (κ1) is 15.3. The number of likely N-dealkylation sites (N-methyl/N-ethyl adjacent to an activating group) is 1. The Morgan fingerprint density at radius 3 is 3.00 bits per heavy atom. The summed E-state index contributed by atoms with van der Waals surface area (Å²) in [5.74, 6) is 0.954. The van der Waals surface area contributed by atoms with E-state index in [4.69, 9.17) is 14.2 Å². The van der Waals surface area contributed by atoms with Gasteiger partial charge in [-0.3, -0.25) is 0 Å². The number of benzene rings is 1. The molecule has 1 atom stereocenters. The lowest BCUT2D eigenvalue weighted by Gasteiger charge is -2.27. The third-order valence-electron chi connectivity index (χ3n) is 3.45. The number of hydrogen-bond acceptors (Lipinski definition) is 4. The second-order valence-electron chi connectivity index (χ2n) is 5.18. The zero-order valence-corrected chi connectivity index (χ0v) is 12.5. The molecule has 1 aromatic rings. The highest BCUT2D eigenvalue weighted by molar-refractivity contribution is 5.28. The van der Waals surface area contributed by atoms with E-state index in [0.717, 1.165) is 31.9 Å². The smallest absolute Gasteiger partial charge is 0.119 e. The molecule has 0 spiro atoms. The van der Waals surface area contributed by atoms with Crippen LogP contribution in [0.1, 0.15) is 12.5 Å². The summed E-state index contributed by atoms with van der Waals surface area (Å²) in [6.07, 6.45) is 1.23. The van der Waals surface area contributed by atoms with Gasteiger partial charge in [0, 0.05) is 13.1 Å². The summed E-state index contributed by atoms with van der Waals surface area (Å²) < 4.78 is 16.8. The Morgan fingerprint density at radius 1 is 1.35 bits per heavy atom. The summed E-state index contributed by atoms with van der Waals surface area (Å²) in [6.45, 7) is 6.74. The molecule has 2 rings (SSSR count). The molecule has 0 radical (unpaired) electrons. The van der Waals surface area contributed by atoms with Crippen LogP contribution in [0.3, 0.4) is 0 Å². The molecule has 1 heterocycles. The van der Waals surface area contributed by atoms with Crippen LogP contribution >= 0.6 is 0 Å². The maximum Gasteiger partial charge on any atom is 0.119 e. The molecular weight excluding hydrogens is 254 g/mol. The topological polar surface area (TPSA) is 30.9 Å². The predicted molar refractivity (Wildman–Crippen MR) is 79.4 cm³/mol. The van der Waals surface area contributed by atoms with Crippen molar-refractivity contribution in [2.45, 2.75) is 19.4 Å². The summed E-state index contributed by atoms with van der Waals surface area (Å²) in [7, 11) is 2.09. The average Bonchev–Trinajstić information content (AvgIpc) is 2.48. The Hall–Kier alpha value is -1.10. The molecule has 1 saturated heterocycles. The van der Waals surface area contributed by atoms with Gasteiger partial charge >= 0.3 is 0 Å². The van der Waals surface area contributed by atoms with E-state index < -0.39 is 0 Å². The molecule has 20 heavy (non-hydrogen) atoms. The minimum atomic E-state index is 0.192. The van der Waals surface area contributed by atoms with E-state index in [9.17, 15) is 0 Å². The van der Waals surface area contributed by atoms with Gasteiger partial charge in [0.1, 0.15) is 12.4 Å². The zero-order valence-electron chi connectivity index (χ0n) is 12.5. The summed E-state index contributed by atoms with van der Waals surface area (Å²) >= 11 is 0. The second-order valence-corrected chi connectivity index (χ2v) is 5.18. The van der Waals surface area contributed by atoms with Crippen molar-refractivity contribution in [2.75, 3.05) is 46.6 Å². The van der Waals surface area contributed by atoms with Crippen LogP contribution in [0.25, 0.3) is 0 Å². The normalized spacial score (nSPS) is 19.2. The number of ether oxygens (including phenoxy) is 3. The molecule has 1 aromatic carbocycles. The first-order valence-corrected chi connectivity index (χ1v) is 7.37. The summed E-state index contributed by atoms with van der Waals surface area (Å²) in [6, 6.07) is 8.29. The first-order chi connectivity index (χ1) is 9.78. The molecule has 4 nitrogen and oxygen atoms in total. The molecule has 112 valence electrons. The number of aryl methyl sites for hydroxylation is 1. The molecular formula is C16H25NO3. The molecule has 1 unspecified atom stereocenters. The summed E-state index contributed by atoms with van der Waals surface area (Å²) in [5.41, 5.74) is 1.31. The van der Waals surface area contributed by atoms with Crippen LogP contribution in [-0.2, 0) is 15.9 Å². The van der Waals surface area contributed by atoms with E-state index in [1.54, 1.807) is 0 Å². The van der Waals surface area contributed by atoms with Crippen LogP contribution in [0.5, 0.6) is 5.75 Å². The molecule has 0 bridgehead atoms. The fourth-order valence-corrected chi connectivity index (χ4v) is 2.26. The van der Waals surface area contributed by atoms with Gasteiger partial charge in [0.2, 0.25) is 0 Å². The molecule has 0 amide bonds. The van der Waals surface area contributed by atoms with Crippen LogP contribution in [0.2, 0.25) is 0 Å². The van der Waals surface area contributed by atoms with E-state index in [1.165, 1.54) is 5.56 Å². The lowest BCUT2D eigenvalue weighted by molar-refractivity contribution is -0.0961. The highest BCUT2D eigenvalue weighted by atomic mass is 16.6. The van der Waals surface area contributed by atoms with Gasteiger partial charge in [0.15, 0.2) is 0 Å². The Bertz CT molecular complexity index is 391. The molecule has 4 heteroatoms. The molecule has 1 fully saturated rings. The molecule has 1 aliphatic heterocycles. The Morgan fingerprint density at radius 2 is 2.25 bits per heavy atom. The summed E-state index contributed by atoms with van der Waals surface area (Å²) in [5, 5.41) is 0. The van der Waals surface area contributed by atoms with Gasteiger partial charge in [-0.25, -0.2) is 0 Å². The highest BCUT2D eigenvalue weighted by Gasteiger charge is 2.16. The van der Waals surface area contributed by atoms with Gasteiger partial charge < -0.3 is 19.1 Å². The SMILES string of the molecule is CCc1cccc(OCCN(C)CC2COCCO2)c1. The van der Waals surface area contributed by atoms with Crippen molar-refractivity contribution in [1.82, 2.24) is 4.90 Å². The van der Waals surface area contributed by atoms with Gasteiger partial charge in [0.25, 0.3) is 0 Å². The standard InChI is InChI=1S/C16H25NO3/c1-3-14-5-4-6-15(11-14)19-8-7-17(2)12-16-13-18-9-10-20-16/h4-6,11,16H,3,7-10,12-13H2,1-2H3.